The lowest BCUT2D eigenvalue weighted by Crippen LogP contribution is -2.43. The minimum Gasteiger partial charge on any atom is -0.450 e. The minimum absolute atomic E-state index is 0.0429. The van der Waals surface area contributed by atoms with Crippen LogP contribution in [0.15, 0.2) is 44.9 Å². The number of thiophene rings is 1. The van der Waals surface area contributed by atoms with Crippen LogP contribution < -0.4 is 10.7 Å². The topological polar surface area (TPSA) is 71.8 Å². The molecule has 4 rings (SSSR count). The van der Waals surface area contributed by atoms with Crippen molar-refractivity contribution in [1.82, 2.24) is 10.2 Å². The maximum atomic E-state index is 12.8. The largest absolute Gasteiger partial charge is 0.450 e. The van der Waals surface area contributed by atoms with E-state index in [4.69, 9.17) is 9.15 Å². The van der Waals surface area contributed by atoms with E-state index >= 15 is 0 Å². The van der Waals surface area contributed by atoms with E-state index in [1.807, 2.05) is 31.4 Å². The molecular weight excluding hydrogens is 388 g/mol. The summed E-state index contributed by atoms with van der Waals surface area (Å²) in [6.07, 6.45) is 0. The molecule has 1 amide bonds. The number of fused-ring (bicyclic) bond motifs is 1. The molecule has 0 radical (unpaired) electrons. The molecule has 3 aromatic rings. The van der Waals surface area contributed by atoms with Crippen LogP contribution in [0, 0.1) is 13.8 Å². The van der Waals surface area contributed by atoms with Crippen LogP contribution in [-0.4, -0.2) is 43.7 Å². The van der Waals surface area contributed by atoms with E-state index in [9.17, 15) is 9.59 Å². The van der Waals surface area contributed by atoms with Crippen LogP contribution in [0.25, 0.3) is 11.0 Å². The van der Waals surface area contributed by atoms with Gasteiger partial charge in [-0.3, -0.25) is 14.5 Å². The van der Waals surface area contributed by atoms with Crippen LogP contribution >= 0.6 is 11.3 Å². The zero-order valence-electron chi connectivity index (χ0n) is 16.6. The Morgan fingerprint density at radius 2 is 2.03 bits per heavy atom. The van der Waals surface area contributed by atoms with E-state index in [-0.39, 0.29) is 23.1 Å². The fourth-order valence-electron chi connectivity index (χ4n) is 3.78. The summed E-state index contributed by atoms with van der Waals surface area (Å²) in [7, 11) is 0. The SMILES string of the molecule is Cc1cc(C)c2oc(C(=O)NC[C@@H](c3cccs3)N3CCOCC3)cc(=O)c2c1. The summed E-state index contributed by atoms with van der Waals surface area (Å²) in [5.74, 6) is -0.333. The summed E-state index contributed by atoms with van der Waals surface area (Å²) >= 11 is 1.67. The molecular formula is C22H24N2O4S. The van der Waals surface area contributed by atoms with E-state index in [1.54, 1.807) is 17.4 Å². The summed E-state index contributed by atoms with van der Waals surface area (Å²) < 4.78 is 11.3. The van der Waals surface area contributed by atoms with Crippen molar-refractivity contribution < 1.29 is 13.9 Å². The molecule has 29 heavy (non-hydrogen) atoms. The molecule has 1 N–H and O–H groups in total. The van der Waals surface area contributed by atoms with Crippen LogP contribution in [0.3, 0.4) is 0 Å². The van der Waals surface area contributed by atoms with Gasteiger partial charge in [-0.1, -0.05) is 12.1 Å². The number of nitrogens with one attached hydrogen (secondary N) is 1. The van der Waals surface area contributed by atoms with Gasteiger partial charge in [0.05, 0.1) is 24.6 Å². The highest BCUT2D eigenvalue weighted by Crippen LogP contribution is 2.25. The van der Waals surface area contributed by atoms with Crippen molar-refractivity contribution in [2.45, 2.75) is 19.9 Å². The van der Waals surface area contributed by atoms with E-state index in [2.05, 4.69) is 16.3 Å². The quantitative estimate of drug-likeness (QED) is 0.696. The number of carbonyl (C=O) groups excluding carboxylic acids is 1. The zero-order chi connectivity index (χ0) is 20.4. The Kier molecular flexibility index (Phi) is 5.80. The normalized spacial score (nSPS) is 16.1. The average Bonchev–Trinajstić information content (AvgIpc) is 3.24. The third kappa shape index (κ3) is 4.27. The Balaban J connectivity index is 1.56. The van der Waals surface area contributed by atoms with Gasteiger partial charge < -0.3 is 14.5 Å². The number of hydrogen-bond donors (Lipinski definition) is 1. The number of ether oxygens (including phenoxy) is 1. The van der Waals surface area contributed by atoms with Gasteiger partial charge in [0, 0.05) is 30.6 Å². The minimum atomic E-state index is -0.376. The first-order valence-electron chi connectivity index (χ1n) is 9.71. The summed E-state index contributed by atoms with van der Waals surface area (Å²) in [6.45, 7) is 7.27. The van der Waals surface area contributed by atoms with Gasteiger partial charge in [0.2, 0.25) is 0 Å². The molecule has 1 aliphatic heterocycles. The first-order chi connectivity index (χ1) is 14.0. The molecule has 0 aliphatic carbocycles. The lowest BCUT2D eigenvalue weighted by atomic mass is 10.1. The second kappa shape index (κ2) is 8.49. The highest BCUT2D eigenvalue weighted by Gasteiger charge is 2.24. The van der Waals surface area contributed by atoms with Gasteiger partial charge in [-0.2, -0.15) is 0 Å². The lowest BCUT2D eigenvalue weighted by molar-refractivity contribution is 0.0168. The second-order valence-corrected chi connectivity index (χ2v) is 8.30. The summed E-state index contributed by atoms with van der Waals surface area (Å²) in [6, 6.07) is 9.19. The molecule has 1 fully saturated rings. The molecule has 0 saturated carbocycles. The molecule has 2 aromatic heterocycles. The maximum Gasteiger partial charge on any atom is 0.287 e. The number of amides is 1. The van der Waals surface area contributed by atoms with E-state index in [1.165, 1.54) is 10.9 Å². The molecule has 3 heterocycles. The summed E-state index contributed by atoms with van der Waals surface area (Å²) in [4.78, 5) is 28.8. The second-order valence-electron chi connectivity index (χ2n) is 7.32. The predicted molar refractivity (Wildman–Crippen MR) is 114 cm³/mol. The van der Waals surface area contributed by atoms with Gasteiger partial charge >= 0.3 is 0 Å². The van der Waals surface area contributed by atoms with Gasteiger partial charge in [-0.25, -0.2) is 0 Å². The Morgan fingerprint density at radius 1 is 1.24 bits per heavy atom. The van der Waals surface area contributed by atoms with Gasteiger partial charge in [0.15, 0.2) is 11.2 Å². The Morgan fingerprint density at radius 3 is 2.76 bits per heavy atom. The molecule has 0 unspecified atom stereocenters. The van der Waals surface area contributed by atoms with Crippen LogP contribution in [0.5, 0.6) is 0 Å². The molecule has 6 nitrogen and oxygen atoms in total. The fourth-order valence-corrected chi connectivity index (χ4v) is 4.64. The van der Waals surface area contributed by atoms with Gasteiger partial charge in [-0.05, 0) is 42.5 Å². The average molecular weight is 413 g/mol. The molecule has 1 saturated heterocycles. The van der Waals surface area contributed by atoms with Gasteiger partial charge in [0.1, 0.15) is 5.58 Å². The molecule has 7 heteroatoms. The Hall–Kier alpha value is -2.48. The number of benzene rings is 1. The van der Waals surface area contributed by atoms with Crippen molar-refractivity contribution in [3.8, 4) is 0 Å². The molecule has 1 aromatic carbocycles. The summed E-state index contributed by atoms with van der Waals surface area (Å²) in [5.41, 5.74) is 2.10. The Labute approximate surface area is 173 Å². The first-order valence-corrected chi connectivity index (χ1v) is 10.6. The van der Waals surface area contributed by atoms with E-state index in [0.717, 1.165) is 24.2 Å². The zero-order valence-corrected chi connectivity index (χ0v) is 17.4. The molecule has 1 aliphatic rings. The van der Waals surface area contributed by atoms with Crippen LogP contribution in [0.1, 0.15) is 32.6 Å². The predicted octanol–water partition coefficient (Wildman–Crippen LogP) is 3.27. The van der Waals surface area contributed by atoms with E-state index in [0.29, 0.717) is 30.7 Å². The van der Waals surface area contributed by atoms with Crippen molar-refractivity contribution in [3.63, 3.8) is 0 Å². The van der Waals surface area contributed by atoms with Gasteiger partial charge in [-0.15, -0.1) is 11.3 Å². The van der Waals surface area contributed by atoms with Crippen molar-refractivity contribution in [2.75, 3.05) is 32.8 Å². The monoisotopic (exact) mass is 412 g/mol. The van der Waals surface area contributed by atoms with Crippen LogP contribution in [-0.2, 0) is 4.74 Å². The smallest absolute Gasteiger partial charge is 0.287 e. The van der Waals surface area contributed by atoms with Crippen LogP contribution in [0.4, 0.5) is 0 Å². The van der Waals surface area contributed by atoms with Crippen molar-refractivity contribution >= 4 is 28.2 Å². The maximum absolute atomic E-state index is 12.8. The first kappa shape index (κ1) is 19.8. The third-order valence-corrected chi connectivity index (χ3v) is 6.17. The highest BCUT2D eigenvalue weighted by molar-refractivity contribution is 7.10. The lowest BCUT2D eigenvalue weighted by Gasteiger charge is -2.34. The number of rotatable bonds is 5. The fraction of sp³-hybridized carbons (Fsp3) is 0.364. The van der Waals surface area contributed by atoms with Gasteiger partial charge in [0.25, 0.3) is 5.91 Å². The standard InChI is InChI=1S/C22H24N2O4S/c1-14-10-15(2)21-16(11-14)18(25)12-19(28-21)22(26)23-13-17(20-4-3-9-29-20)24-5-7-27-8-6-24/h3-4,9-12,17H,5-8,13H2,1-2H3,(H,23,26)/t17-/m0/s1. The molecule has 0 bridgehead atoms. The molecule has 152 valence electrons. The van der Waals surface area contributed by atoms with Crippen molar-refractivity contribution in [2.24, 2.45) is 0 Å². The number of aryl methyl sites for hydroxylation is 2. The van der Waals surface area contributed by atoms with Crippen LogP contribution in [0.2, 0.25) is 0 Å². The number of carbonyl (C=O) groups is 1. The number of nitrogens with zero attached hydrogens (tertiary/aromatic N) is 1. The summed E-state index contributed by atoms with van der Waals surface area (Å²) in [5, 5.41) is 5.50. The Bertz CT molecular complexity index is 1070. The van der Waals surface area contributed by atoms with Crippen molar-refractivity contribution in [3.05, 3.63) is 67.7 Å². The van der Waals surface area contributed by atoms with E-state index < -0.39 is 0 Å². The molecule has 0 spiro atoms. The molecule has 1 atom stereocenters. The number of morpholine rings is 1. The van der Waals surface area contributed by atoms with Crippen molar-refractivity contribution in [1.29, 1.82) is 0 Å². The number of hydrogen-bond acceptors (Lipinski definition) is 6. The highest BCUT2D eigenvalue weighted by atomic mass is 32.1. The third-order valence-electron chi connectivity index (χ3n) is 5.20.